The molecule has 3 aromatic rings. The number of fused-ring (bicyclic) bond motifs is 1. The van der Waals surface area contributed by atoms with E-state index in [1.54, 1.807) is 19.3 Å². The minimum absolute atomic E-state index is 0.240. The van der Waals surface area contributed by atoms with E-state index in [9.17, 15) is 4.39 Å². The highest BCUT2D eigenvalue weighted by molar-refractivity contribution is 6.25. The van der Waals surface area contributed by atoms with Gasteiger partial charge in [0.2, 0.25) is 0 Å². The topological polar surface area (TPSA) is 61.2 Å². The zero-order valence-corrected chi connectivity index (χ0v) is 26.9. The minimum Gasteiger partial charge on any atom is -0.488 e. The van der Waals surface area contributed by atoms with E-state index in [4.69, 9.17) is 21.1 Å². The molecule has 1 fully saturated rings. The number of allylic oxidation sites excluding steroid dienone is 6. The third kappa shape index (κ3) is 9.15. The summed E-state index contributed by atoms with van der Waals surface area (Å²) in [6, 6.07) is 8.37. The summed E-state index contributed by atoms with van der Waals surface area (Å²) in [5.74, 6) is 0.871. The smallest absolute Gasteiger partial charge is 0.141 e. The molecule has 1 aliphatic heterocycles. The highest BCUT2D eigenvalue weighted by atomic mass is 35.5. The molecule has 0 saturated carbocycles. The van der Waals surface area contributed by atoms with Gasteiger partial charge in [-0.05, 0) is 79.8 Å². The molecule has 0 spiro atoms. The molecule has 0 bridgehead atoms. The van der Waals surface area contributed by atoms with Crippen molar-refractivity contribution in [3.05, 3.63) is 102 Å². The van der Waals surface area contributed by atoms with Gasteiger partial charge >= 0.3 is 0 Å². The molecule has 1 N–H and O–H groups in total. The molecule has 0 radical (unpaired) electrons. The number of halogens is 2. The van der Waals surface area contributed by atoms with Crippen molar-refractivity contribution >= 4 is 28.3 Å². The molecule has 4 rings (SSSR count). The first-order valence-corrected chi connectivity index (χ1v) is 15.4. The van der Waals surface area contributed by atoms with E-state index >= 15 is 0 Å². The van der Waals surface area contributed by atoms with Gasteiger partial charge in [-0.2, -0.15) is 0 Å². The number of hydrogen-bond donors (Lipinski definition) is 1. The Morgan fingerprint density at radius 2 is 1.91 bits per heavy atom. The Bertz CT molecular complexity index is 1490. The van der Waals surface area contributed by atoms with Gasteiger partial charge in [0.25, 0.3) is 0 Å². The molecule has 1 saturated heterocycles. The lowest BCUT2D eigenvalue weighted by Gasteiger charge is -2.41. The van der Waals surface area contributed by atoms with E-state index in [0.717, 1.165) is 59.5 Å². The van der Waals surface area contributed by atoms with E-state index in [-0.39, 0.29) is 17.8 Å². The molecule has 230 valence electrons. The number of hydrogen-bond acceptors (Lipinski definition) is 5. The Morgan fingerprint density at radius 3 is 2.53 bits per heavy atom. The first-order chi connectivity index (χ1) is 20.9. The standard InChI is InChI=1S/C33H38ClFN4O2.C2H6/c1-5-24(15-27(35)6-2)19-41-29(17-34)11-10-28(7-3)38-32-30-16-25(9-12-31(30)36-23-37-32)26-13-14-39(18-26)20-33(8-4)21-40-22-33;1-2/h6-7,9-18,23H,5,8,19-22H2,1-4H3,(H,36,37,38);1-2H3/b11-10-,24-15+,27-6+,28-7+,29-17-;. The zero-order chi connectivity index (χ0) is 31.2. The van der Waals surface area contributed by atoms with Crippen LogP contribution in [0.25, 0.3) is 22.0 Å². The second-order valence-electron chi connectivity index (χ2n) is 10.2. The van der Waals surface area contributed by atoms with Crippen LogP contribution >= 0.6 is 11.6 Å². The lowest BCUT2D eigenvalue weighted by Crippen LogP contribution is -2.45. The number of ether oxygens (including phenoxy) is 2. The Hall–Kier alpha value is -3.68. The van der Waals surface area contributed by atoms with Gasteiger partial charge in [-0.15, -0.1) is 0 Å². The maximum absolute atomic E-state index is 13.6. The molecule has 3 heterocycles. The molecule has 43 heavy (non-hydrogen) atoms. The van der Waals surface area contributed by atoms with Crippen LogP contribution in [0.3, 0.4) is 0 Å². The van der Waals surface area contributed by atoms with Crippen LogP contribution in [0.5, 0.6) is 0 Å². The fourth-order valence-corrected chi connectivity index (χ4v) is 4.70. The average molecular weight is 607 g/mol. The van der Waals surface area contributed by atoms with Crippen molar-refractivity contribution in [1.29, 1.82) is 0 Å². The molecule has 0 aliphatic carbocycles. The average Bonchev–Trinajstić information content (AvgIpc) is 3.50. The summed E-state index contributed by atoms with van der Waals surface area (Å²) in [6.45, 7) is 14.6. The molecule has 1 aliphatic rings. The molecule has 8 heteroatoms. The second kappa shape index (κ2) is 16.8. The van der Waals surface area contributed by atoms with Gasteiger partial charge in [0, 0.05) is 41.0 Å². The minimum atomic E-state index is -0.288. The van der Waals surface area contributed by atoms with Crippen LogP contribution in [0.2, 0.25) is 0 Å². The molecular weight excluding hydrogens is 563 g/mol. The second-order valence-corrected chi connectivity index (χ2v) is 10.4. The Labute approximate surface area is 260 Å². The summed E-state index contributed by atoms with van der Waals surface area (Å²) in [7, 11) is 0. The summed E-state index contributed by atoms with van der Waals surface area (Å²) in [5.41, 5.74) is 6.32. The van der Waals surface area contributed by atoms with Gasteiger partial charge in [-0.25, -0.2) is 14.4 Å². The molecular formula is C35H44ClFN4O2. The number of benzene rings is 1. The number of nitrogens with zero attached hydrogens (tertiary/aromatic N) is 3. The van der Waals surface area contributed by atoms with Gasteiger partial charge in [-0.1, -0.05) is 57.5 Å². The van der Waals surface area contributed by atoms with Crippen molar-refractivity contribution in [3.63, 3.8) is 0 Å². The van der Waals surface area contributed by atoms with Crippen LogP contribution in [0, 0.1) is 5.41 Å². The monoisotopic (exact) mass is 606 g/mol. The van der Waals surface area contributed by atoms with Gasteiger partial charge in [-0.3, -0.25) is 0 Å². The predicted molar refractivity (Wildman–Crippen MR) is 178 cm³/mol. The Balaban J connectivity index is 0.00000248. The van der Waals surface area contributed by atoms with Crippen molar-refractivity contribution < 1.29 is 13.9 Å². The number of rotatable bonds is 13. The third-order valence-corrected chi connectivity index (χ3v) is 7.62. The molecule has 0 amide bonds. The summed E-state index contributed by atoms with van der Waals surface area (Å²) in [5, 5.41) is 4.32. The lowest BCUT2D eigenvalue weighted by atomic mass is 9.83. The molecule has 6 nitrogen and oxygen atoms in total. The van der Waals surface area contributed by atoms with Gasteiger partial charge < -0.3 is 19.4 Å². The van der Waals surface area contributed by atoms with E-state index in [1.165, 1.54) is 17.7 Å². The van der Waals surface area contributed by atoms with Crippen LogP contribution in [0.1, 0.15) is 54.4 Å². The Kier molecular flexibility index (Phi) is 13.2. The van der Waals surface area contributed by atoms with E-state index < -0.39 is 0 Å². The quantitative estimate of drug-likeness (QED) is 0.155. The molecule has 1 aromatic carbocycles. The number of nitrogens with one attached hydrogen (secondary N) is 1. The first-order valence-electron chi connectivity index (χ1n) is 15.0. The maximum Gasteiger partial charge on any atom is 0.141 e. The first kappa shape index (κ1) is 33.8. The molecule has 0 unspecified atom stereocenters. The number of anilines is 1. The van der Waals surface area contributed by atoms with Gasteiger partial charge in [0.05, 0.1) is 18.7 Å². The van der Waals surface area contributed by atoms with Crippen molar-refractivity contribution in [3.8, 4) is 11.1 Å². The van der Waals surface area contributed by atoms with Crippen LogP contribution in [0.4, 0.5) is 10.2 Å². The lowest BCUT2D eigenvalue weighted by molar-refractivity contribution is -0.123. The highest BCUT2D eigenvalue weighted by Gasteiger charge is 2.36. The third-order valence-electron chi connectivity index (χ3n) is 7.41. The van der Waals surface area contributed by atoms with Crippen LogP contribution in [-0.4, -0.2) is 34.4 Å². The van der Waals surface area contributed by atoms with Crippen LogP contribution in [0.15, 0.2) is 102 Å². The van der Waals surface area contributed by atoms with Crippen molar-refractivity contribution in [1.82, 2.24) is 14.5 Å². The van der Waals surface area contributed by atoms with E-state index in [2.05, 4.69) is 57.4 Å². The summed E-state index contributed by atoms with van der Waals surface area (Å²) < 4.78 is 27.2. The fourth-order valence-electron chi connectivity index (χ4n) is 4.57. The summed E-state index contributed by atoms with van der Waals surface area (Å²) >= 11 is 6.01. The van der Waals surface area contributed by atoms with Crippen molar-refractivity contribution in [2.45, 2.75) is 60.9 Å². The van der Waals surface area contributed by atoms with E-state index in [0.29, 0.717) is 18.0 Å². The zero-order valence-electron chi connectivity index (χ0n) is 26.2. The van der Waals surface area contributed by atoms with E-state index in [1.807, 2.05) is 45.9 Å². The fraction of sp³-hybridized carbons (Fsp3) is 0.371. The van der Waals surface area contributed by atoms with Crippen LogP contribution < -0.4 is 5.32 Å². The largest absolute Gasteiger partial charge is 0.488 e. The van der Waals surface area contributed by atoms with Crippen LogP contribution in [-0.2, 0) is 16.0 Å². The van der Waals surface area contributed by atoms with Gasteiger partial charge in [0.15, 0.2) is 0 Å². The van der Waals surface area contributed by atoms with Gasteiger partial charge in [0.1, 0.15) is 30.3 Å². The highest BCUT2D eigenvalue weighted by Crippen LogP contribution is 2.34. The number of aromatic nitrogens is 3. The maximum atomic E-state index is 13.6. The summed E-state index contributed by atoms with van der Waals surface area (Å²) in [6.07, 6.45) is 16.1. The SMILES string of the molecule is C/C=C(F)\C=C(/CC)COC(/C=C\C(=C/C)Nc1ncnc2ccc(-c3ccn(CC4(CC)COC4)c3)cc12)=C\Cl.CC. The van der Waals surface area contributed by atoms with Crippen molar-refractivity contribution in [2.75, 3.05) is 25.1 Å². The Morgan fingerprint density at radius 1 is 1.12 bits per heavy atom. The normalized spacial score (nSPS) is 15.7. The summed E-state index contributed by atoms with van der Waals surface area (Å²) in [4.78, 5) is 9.00. The van der Waals surface area contributed by atoms with Crippen molar-refractivity contribution in [2.24, 2.45) is 5.41 Å². The molecule has 2 aromatic heterocycles. The molecule has 0 atom stereocenters. The predicted octanol–water partition coefficient (Wildman–Crippen LogP) is 9.73.